The van der Waals surface area contributed by atoms with Gasteiger partial charge in [-0.25, -0.2) is 14.8 Å². The molecule has 1 saturated heterocycles. The monoisotopic (exact) mass is 527 g/mol. The van der Waals surface area contributed by atoms with Crippen molar-refractivity contribution in [1.82, 2.24) is 19.4 Å². The van der Waals surface area contributed by atoms with Crippen molar-refractivity contribution < 1.29 is 9.53 Å². The van der Waals surface area contributed by atoms with Gasteiger partial charge >= 0.3 is 5.97 Å². The molecule has 5 rings (SSSR count). The number of likely N-dealkylation sites (N-methyl/N-ethyl adjacent to an activating group) is 2. The molecule has 1 fully saturated rings. The number of nitrogens with two attached hydrogens (primary N) is 1. The van der Waals surface area contributed by atoms with Crippen molar-refractivity contribution in [2.24, 2.45) is 7.05 Å². The van der Waals surface area contributed by atoms with Crippen LogP contribution in [0, 0.1) is 6.92 Å². The number of likely N-dealkylation sites (tertiary alicyclic amines) is 1. The van der Waals surface area contributed by atoms with E-state index in [1.165, 1.54) is 19.0 Å². The van der Waals surface area contributed by atoms with Crippen molar-refractivity contribution in [2.75, 3.05) is 49.7 Å². The van der Waals surface area contributed by atoms with Gasteiger partial charge in [-0.15, -0.1) is 0 Å². The van der Waals surface area contributed by atoms with Crippen molar-refractivity contribution in [3.8, 4) is 11.3 Å². The highest BCUT2D eigenvalue weighted by atomic mass is 16.5. The maximum absolute atomic E-state index is 12.8. The van der Waals surface area contributed by atoms with E-state index in [9.17, 15) is 4.79 Å². The van der Waals surface area contributed by atoms with Crippen LogP contribution in [0.4, 0.5) is 23.0 Å². The van der Waals surface area contributed by atoms with Gasteiger partial charge in [0.2, 0.25) is 5.95 Å². The van der Waals surface area contributed by atoms with Crippen LogP contribution in [-0.4, -0.2) is 65.2 Å². The van der Waals surface area contributed by atoms with Gasteiger partial charge < -0.3 is 30.2 Å². The maximum atomic E-state index is 12.8. The number of ether oxygens (including phenoxy) is 1. The molecule has 0 bridgehead atoms. The van der Waals surface area contributed by atoms with Crippen molar-refractivity contribution in [3.05, 3.63) is 59.9 Å². The van der Waals surface area contributed by atoms with E-state index in [0.29, 0.717) is 28.9 Å². The third-order valence-electron chi connectivity index (χ3n) is 7.62. The normalized spacial score (nSPS) is 15.6. The Balaban J connectivity index is 1.48. The number of rotatable bonds is 8. The van der Waals surface area contributed by atoms with Crippen LogP contribution in [0.15, 0.2) is 48.8 Å². The molecule has 0 saturated carbocycles. The van der Waals surface area contributed by atoms with Crippen LogP contribution >= 0.6 is 0 Å². The lowest BCUT2D eigenvalue weighted by Gasteiger charge is -2.29. The molecule has 9 nitrogen and oxygen atoms in total. The van der Waals surface area contributed by atoms with Gasteiger partial charge in [0.1, 0.15) is 5.56 Å². The number of benzene rings is 2. The quantitative estimate of drug-likeness (QED) is 0.245. The van der Waals surface area contributed by atoms with E-state index in [1.54, 1.807) is 6.92 Å². The number of carbonyl (C=O) groups is 1. The second-order valence-electron chi connectivity index (χ2n) is 10.4. The average Bonchev–Trinajstić information content (AvgIpc) is 3.48. The van der Waals surface area contributed by atoms with Crippen LogP contribution in [0.2, 0.25) is 0 Å². The Morgan fingerprint density at radius 2 is 2.05 bits per heavy atom. The topological polar surface area (TPSA) is 102 Å². The second kappa shape index (κ2) is 10.9. The molecule has 3 N–H and O–H groups in total. The predicted octanol–water partition coefficient (Wildman–Crippen LogP) is 4.98. The minimum Gasteiger partial charge on any atom is -0.462 e. The fourth-order valence-corrected chi connectivity index (χ4v) is 5.46. The van der Waals surface area contributed by atoms with Gasteiger partial charge in [0.05, 0.1) is 23.7 Å². The summed E-state index contributed by atoms with van der Waals surface area (Å²) in [5, 5.41) is 4.33. The highest BCUT2D eigenvalue weighted by Crippen LogP contribution is 2.34. The van der Waals surface area contributed by atoms with E-state index in [1.807, 2.05) is 55.1 Å². The highest BCUT2D eigenvalue weighted by molar-refractivity contribution is 6.03. The first-order valence-corrected chi connectivity index (χ1v) is 13.4. The lowest BCUT2D eigenvalue weighted by Crippen LogP contribution is -2.36. The maximum Gasteiger partial charge on any atom is 0.341 e. The Labute approximate surface area is 229 Å². The Morgan fingerprint density at radius 3 is 2.79 bits per heavy atom. The Hall–Kier alpha value is -4.11. The molecule has 0 spiro atoms. The van der Waals surface area contributed by atoms with Gasteiger partial charge in [-0.05, 0) is 64.0 Å². The van der Waals surface area contributed by atoms with Crippen molar-refractivity contribution in [2.45, 2.75) is 32.7 Å². The number of anilines is 4. The van der Waals surface area contributed by atoms with E-state index in [-0.39, 0.29) is 6.61 Å². The molecule has 9 heteroatoms. The summed E-state index contributed by atoms with van der Waals surface area (Å²) in [6.45, 7) is 6.17. The van der Waals surface area contributed by atoms with Gasteiger partial charge in [0.15, 0.2) is 0 Å². The minimum atomic E-state index is -0.451. The molecule has 3 heterocycles. The fraction of sp³-hybridized carbons (Fsp3) is 0.367. The smallest absolute Gasteiger partial charge is 0.341 e. The first kappa shape index (κ1) is 26.5. The number of aryl methyl sites for hydroxylation is 2. The molecule has 0 aliphatic carbocycles. The summed E-state index contributed by atoms with van der Waals surface area (Å²) >= 11 is 0. The minimum absolute atomic E-state index is 0.268. The number of carbonyl (C=O) groups excluding carboxylic acids is 1. The summed E-state index contributed by atoms with van der Waals surface area (Å²) in [5.74, 6) is -0.0742. The molecule has 0 unspecified atom stereocenters. The van der Waals surface area contributed by atoms with Gasteiger partial charge in [0, 0.05) is 61.2 Å². The van der Waals surface area contributed by atoms with Gasteiger partial charge in [-0.2, -0.15) is 0 Å². The molecule has 2 aromatic carbocycles. The third-order valence-corrected chi connectivity index (χ3v) is 7.62. The molecule has 4 aromatic rings. The van der Waals surface area contributed by atoms with Crippen LogP contribution in [0.25, 0.3) is 22.2 Å². The molecule has 2 aromatic heterocycles. The van der Waals surface area contributed by atoms with Crippen molar-refractivity contribution in [3.63, 3.8) is 0 Å². The van der Waals surface area contributed by atoms with Crippen LogP contribution in [0.3, 0.4) is 0 Å². The zero-order chi connectivity index (χ0) is 27.7. The summed E-state index contributed by atoms with van der Waals surface area (Å²) in [6.07, 6.45) is 5.96. The van der Waals surface area contributed by atoms with E-state index < -0.39 is 5.97 Å². The first-order chi connectivity index (χ1) is 18.8. The number of hydrogen-bond donors (Lipinski definition) is 2. The average molecular weight is 528 g/mol. The molecular weight excluding hydrogens is 490 g/mol. The molecule has 39 heavy (non-hydrogen) atoms. The zero-order valence-electron chi connectivity index (χ0n) is 23.4. The number of nitrogen functional groups attached to an aromatic ring is 1. The van der Waals surface area contributed by atoms with Gasteiger partial charge in [-0.3, -0.25) is 0 Å². The number of fused-ring (bicyclic) bond motifs is 1. The second-order valence-corrected chi connectivity index (χ2v) is 10.4. The van der Waals surface area contributed by atoms with Crippen LogP contribution in [0.5, 0.6) is 0 Å². The molecule has 0 radical (unpaired) electrons. The van der Waals surface area contributed by atoms with Crippen molar-refractivity contribution >= 4 is 39.9 Å². The summed E-state index contributed by atoms with van der Waals surface area (Å²) in [7, 11) is 6.26. The summed E-state index contributed by atoms with van der Waals surface area (Å²) in [4.78, 5) is 26.8. The molecule has 204 valence electrons. The summed E-state index contributed by atoms with van der Waals surface area (Å²) < 4.78 is 7.35. The SMILES string of the molecule is CCOC(=O)c1cnc(Nc2cc(N)c(N(C)C[C@H]3CCCN3C)cc2C)nc1-c1cn(C)c2ccccc12. The predicted molar refractivity (Wildman–Crippen MR) is 158 cm³/mol. The molecule has 1 aliphatic heterocycles. The number of aromatic nitrogens is 3. The Morgan fingerprint density at radius 1 is 1.26 bits per heavy atom. The Bertz CT molecular complexity index is 1510. The van der Waals surface area contributed by atoms with Gasteiger partial charge in [0.25, 0.3) is 0 Å². The van der Waals surface area contributed by atoms with Crippen LogP contribution < -0.4 is 16.0 Å². The first-order valence-electron chi connectivity index (χ1n) is 13.4. The Kier molecular flexibility index (Phi) is 7.43. The molecular formula is C30H37N7O2. The lowest BCUT2D eigenvalue weighted by molar-refractivity contribution is 0.0526. The van der Waals surface area contributed by atoms with E-state index in [4.69, 9.17) is 15.5 Å². The largest absolute Gasteiger partial charge is 0.462 e. The molecule has 1 aliphatic rings. The van der Waals surface area contributed by atoms with E-state index >= 15 is 0 Å². The standard InChI is InChI=1S/C30H37N7O2/c1-6-39-29(38)22-16-32-30(34-28(22)23-18-37(5)26-12-8-7-11-21(23)26)33-25-15-24(31)27(14-19(25)2)36(4)17-20-10-9-13-35(20)3/h7-8,11-12,14-16,18,20H,6,9-10,13,17,31H2,1-5H3,(H,32,33,34)/t20-/m1/s1. The number of para-hydroxylation sites is 1. The lowest BCUT2D eigenvalue weighted by atomic mass is 10.1. The zero-order valence-corrected chi connectivity index (χ0v) is 23.4. The highest BCUT2D eigenvalue weighted by Gasteiger charge is 2.24. The molecule has 1 atom stereocenters. The summed E-state index contributed by atoms with van der Waals surface area (Å²) in [6, 6.07) is 12.6. The third kappa shape index (κ3) is 5.27. The van der Waals surface area contributed by atoms with Gasteiger partial charge in [-0.1, -0.05) is 18.2 Å². The van der Waals surface area contributed by atoms with E-state index in [0.717, 1.165) is 46.5 Å². The van der Waals surface area contributed by atoms with Crippen LogP contribution in [-0.2, 0) is 11.8 Å². The summed E-state index contributed by atoms with van der Waals surface area (Å²) in [5.41, 5.74) is 12.8. The number of esters is 1. The van der Waals surface area contributed by atoms with Crippen LogP contribution in [0.1, 0.15) is 35.7 Å². The number of hydrogen-bond acceptors (Lipinski definition) is 8. The molecule has 0 amide bonds. The number of nitrogens with zero attached hydrogens (tertiary/aromatic N) is 5. The number of nitrogens with one attached hydrogen (secondary N) is 1. The van der Waals surface area contributed by atoms with Crippen molar-refractivity contribution in [1.29, 1.82) is 0 Å². The van der Waals surface area contributed by atoms with E-state index in [2.05, 4.69) is 40.3 Å². The fourth-order valence-electron chi connectivity index (χ4n) is 5.46.